The van der Waals surface area contributed by atoms with Gasteiger partial charge in [0.15, 0.2) is 0 Å². The van der Waals surface area contributed by atoms with Gasteiger partial charge in [0.25, 0.3) is 0 Å². The number of thioether (sulfide) groups is 1. The minimum atomic E-state index is -0.913. The second-order valence-electron chi connectivity index (χ2n) is 6.21. The summed E-state index contributed by atoms with van der Waals surface area (Å²) in [4.78, 5) is 25.9. The number of ether oxygens (including phenoxy) is 2. The molecule has 0 bridgehead atoms. The molecule has 2 aliphatic heterocycles. The third-order valence-electron chi connectivity index (χ3n) is 4.49. The molecule has 3 rings (SSSR count). The van der Waals surface area contributed by atoms with Gasteiger partial charge in [-0.1, -0.05) is 0 Å². The van der Waals surface area contributed by atoms with E-state index in [4.69, 9.17) is 9.47 Å². The highest BCUT2D eigenvalue weighted by Crippen LogP contribution is 2.44. The van der Waals surface area contributed by atoms with Gasteiger partial charge in [0, 0.05) is 12.2 Å². The number of hydrogen-bond donors (Lipinski definition) is 1. The van der Waals surface area contributed by atoms with Crippen molar-refractivity contribution in [1.29, 1.82) is 0 Å². The van der Waals surface area contributed by atoms with Crippen molar-refractivity contribution in [2.75, 3.05) is 31.8 Å². The molecular weight excluding hydrogens is 330 g/mol. The van der Waals surface area contributed by atoms with Crippen LogP contribution in [-0.4, -0.2) is 59.7 Å². The van der Waals surface area contributed by atoms with Crippen molar-refractivity contribution >= 4 is 23.6 Å². The van der Waals surface area contributed by atoms with E-state index in [1.807, 2.05) is 0 Å². The molecule has 1 aromatic carbocycles. The number of aliphatic hydroxyl groups excluding tert-OH is 1. The molecule has 2 fully saturated rings. The van der Waals surface area contributed by atoms with Crippen LogP contribution in [0.15, 0.2) is 24.3 Å². The van der Waals surface area contributed by atoms with Gasteiger partial charge >= 0.3 is 0 Å². The van der Waals surface area contributed by atoms with Gasteiger partial charge < -0.3 is 14.6 Å². The molecule has 0 aromatic heterocycles. The SMILES string of the molecule is COc1ccc(OC[C@@H](O)CN2C(=O)C[C@]3(CCSC3)C2=O)cc1. The number of carbonyl (C=O) groups is 2. The molecule has 1 aromatic rings. The van der Waals surface area contributed by atoms with Gasteiger partial charge in [-0.3, -0.25) is 14.5 Å². The summed E-state index contributed by atoms with van der Waals surface area (Å²) < 4.78 is 10.6. The zero-order valence-electron chi connectivity index (χ0n) is 13.6. The highest BCUT2D eigenvalue weighted by molar-refractivity contribution is 7.99. The van der Waals surface area contributed by atoms with Crippen LogP contribution in [0.2, 0.25) is 0 Å². The molecule has 24 heavy (non-hydrogen) atoms. The number of imide groups is 1. The third-order valence-corrected chi connectivity index (χ3v) is 5.74. The van der Waals surface area contributed by atoms with Gasteiger partial charge in [-0.25, -0.2) is 0 Å². The lowest BCUT2D eigenvalue weighted by atomic mass is 9.86. The standard InChI is InChI=1S/C17H21NO5S/c1-22-13-2-4-14(5-3-13)23-10-12(19)9-18-15(20)8-17(16(18)21)6-7-24-11-17/h2-5,12,19H,6-11H2,1H3/t12-,17-/m0/s1. The van der Waals surface area contributed by atoms with Crippen molar-refractivity contribution in [2.45, 2.75) is 18.9 Å². The molecule has 7 heteroatoms. The van der Waals surface area contributed by atoms with Crippen molar-refractivity contribution in [1.82, 2.24) is 4.90 Å². The average molecular weight is 351 g/mol. The summed E-state index contributed by atoms with van der Waals surface area (Å²) in [5, 5.41) is 10.1. The molecule has 2 aliphatic rings. The molecule has 6 nitrogen and oxygen atoms in total. The lowest BCUT2D eigenvalue weighted by Crippen LogP contribution is -2.41. The summed E-state index contributed by atoms with van der Waals surface area (Å²) in [5.74, 6) is 2.60. The minimum Gasteiger partial charge on any atom is -0.497 e. The predicted molar refractivity (Wildman–Crippen MR) is 90.2 cm³/mol. The van der Waals surface area contributed by atoms with E-state index in [-0.39, 0.29) is 31.4 Å². The van der Waals surface area contributed by atoms with Crippen LogP contribution < -0.4 is 9.47 Å². The molecule has 2 atom stereocenters. The van der Waals surface area contributed by atoms with E-state index < -0.39 is 11.5 Å². The summed E-state index contributed by atoms with van der Waals surface area (Å²) in [7, 11) is 1.58. The molecule has 130 valence electrons. The van der Waals surface area contributed by atoms with Gasteiger partial charge in [-0.2, -0.15) is 11.8 Å². The Labute approximate surface area is 145 Å². The Morgan fingerprint density at radius 2 is 2.00 bits per heavy atom. The molecular formula is C17H21NO5S. The van der Waals surface area contributed by atoms with E-state index in [9.17, 15) is 14.7 Å². The first-order valence-electron chi connectivity index (χ1n) is 7.91. The van der Waals surface area contributed by atoms with Crippen molar-refractivity contribution < 1.29 is 24.2 Å². The number of β-amino-alcohol motifs (C(OH)–C–C–N with tert-alkyl or cyclic N) is 1. The fourth-order valence-corrected chi connectivity index (χ4v) is 4.53. The van der Waals surface area contributed by atoms with Crippen LogP contribution in [-0.2, 0) is 9.59 Å². The maximum absolute atomic E-state index is 12.5. The smallest absolute Gasteiger partial charge is 0.236 e. The van der Waals surface area contributed by atoms with Crippen LogP contribution in [0, 0.1) is 5.41 Å². The third kappa shape index (κ3) is 3.37. The van der Waals surface area contributed by atoms with E-state index in [2.05, 4.69) is 0 Å². The highest BCUT2D eigenvalue weighted by atomic mass is 32.2. The van der Waals surface area contributed by atoms with Crippen LogP contribution in [0.3, 0.4) is 0 Å². The van der Waals surface area contributed by atoms with Gasteiger partial charge in [0.05, 0.1) is 19.1 Å². The predicted octanol–water partition coefficient (Wildman–Crippen LogP) is 1.32. The zero-order chi connectivity index (χ0) is 17.2. The molecule has 0 unspecified atom stereocenters. The van der Waals surface area contributed by atoms with Crippen LogP contribution in [0.4, 0.5) is 0 Å². The summed E-state index contributed by atoms with van der Waals surface area (Å²) in [6.45, 7) is 0.00533. The molecule has 1 N–H and O–H groups in total. The van der Waals surface area contributed by atoms with Crippen molar-refractivity contribution in [3.05, 3.63) is 24.3 Å². The largest absolute Gasteiger partial charge is 0.497 e. The van der Waals surface area contributed by atoms with Gasteiger partial charge in [0.1, 0.15) is 24.2 Å². The maximum Gasteiger partial charge on any atom is 0.236 e. The topological polar surface area (TPSA) is 76.1 Å². The van der Waals surface area contributed by atoms with Gasteiger partial charge in [0.2, 0.25) is 11.8 Å². The Kier molecular flexibility index (Phi) is 5.01. The Morgan fingerprint density at radius 3 is 2.62 bits per heavy atom. The first-order valence-corrected chi connectivity index (χ1v) is 9.07. The van der Waals surface area contributed by atoms with E-state index >= 15 is 0 Å². The van der Waals surface area contributed by atoms with Crippen molar-refractivity contribution in [2.24, 2.45) is 5.41 Å². The second-order valence-corrected chi connectivity index (χ2v) is 7.31. The average Bonchev–Trinajstić information content (AvgIpc) is 3.14. The van der Waals surface area contributed by atoms with E-state index in [1.54, 1.807) is 43.1 Å². The van der Waals surface area contributed by atoms with Crippen molar-refractivity contribution in [3.63, 3.8) is 0 Å². The number of likely N-dealkylation sites (tertiary alicyclic amines) is 1. The monoisotopic (exact) mass is 351 g/mol. The normalized spacial score (nSPS) is 24.7. The number of aliphatic hydroxyl groups is 1. The summed E-state index contributed by atoms with van der Waals surface area (Å²) in [5.41, 5.74) is -0.529. The molecule has 2 saturated heterocycles. The first kappa shape index (κ1) is 17.1. The number of benzene rings is 1. The minimum absolute atomic E-state index is 0.0137. The molecule has 2 amide bonds. The van der Waals surface area contributed by atoms with E-state index in [1.165, 1.54) is 4.90 Å². The Balaban J connectivity index is 1.53. The summed E-state index contributed by atoms with van der Waals surface area (Å²) >= 11 is 1.71. The number of amides is 2. The molecule has 2 heterocycles. The number of hydrogen-bond acceptors (Lipinski definition) is 6. The number of nitrogens with zero attached hydrogens (tertiary/aromatic N) is 1. The molecule has 0 aliphatic carbocycles. The van der Waals surface area contributed by atoms with Crippen LogP contribution in [0.5, 0.6) is 11.5 Å². The molecule has 0 radical (unpaired) electrons. The lowest BCUT2D eigenvalue weighted by molar-refractivity contribution is -0.142. The lowest BCUT2D eigenvalue weighted by Gasteiger charge is -2.22. The molecule has 1 spiro atoms. The van der Waals surface area contributed by atoms with Crippen LogP contribution in [0.1, 0.15) is 12.8 Å². The quantitative estimate of drug-likeness (QED) is 0.779. The fraction of sp³-hybridized carbons (Fsp3) is 0.529. The zero-order valence-corrected chi connectivity index (χ0v) is 14.4. The van der Waals surface area contributed by atoms with Crippen LogP contribution in [0.25, 0.3) is 0 Å². The number of carbonyl (C=O) groups excluding carboxylic acids is 2. The van der Waals surface area contributed by atoms with E-state index in [0.717, 1.165) is 17.9 Å². The Hall–Kier alpha value is -1.73. The second kappa shape index (κ2) is 7.03. The summed E-state index contributed by atoms with van der Waals surface area (Å²) in [6.07, 6.45) is 0.103. The highest BCUT2D eigenvalue weighted by Gasteiger charge is 2.53. The maximum atomic E-state index is 12.5. The summed E-state index contributed by atoms with van der Waals surface area (Å²) in [6, 6.07) is 7.00. The van der Waals surface area contributed by atoms with E-state index in [0.29, 0.717) is 11.5 Å². The number of methoxy groups -OCH3 is 1. The van der Waals surface area contributed by atoms with Crippen LogP contribution >= 0.6 is 11.8 Å². The first-order chi connectivity index (χ1) is 11.5. The number of rotatable bonds is 6. The fourth-order valence-electron chi connectivity index (χ4n) is 3.09. The Bertz CT molecular complexity index is 612. The molecule has 0 saturated carbocycles. The van der Waals surface area contributed by atoms with Gasteiger partial charge in [-0.05, 0) is 36.4 Å². The van der Waals surface area contributed by atoms with Gasteiger partial charge in [-0.15, -0.1) is 0 Å². The Morgan fingerprint density at radius 1 is 1.29 bits per heavy atom. The van der Waals surface area contributed by atoms with Crippen molar-refractivity contribution in [3.8, 4) is 11.5 Å².